The average molecular weight is 172 g/mol. The number of rotatable bonds is 4. The molecule has 0 aromatic heterocycles. The topological polar surface area (TPSA) is 52.6 Å². The summed E-state index contributed by atoms with van der Waals surface area (Å²) in [4.78, 5) is 21.5. The second-order valence-electron chi connectivity index (χ2n) is 2.83. The summed E-state index contributed by atoms with van der Waals surface area (Å²) in [6.45, 7) is 0.623. The van der Waals surface area contributed by atoms with Crippen molar-refractivity contribution in [2.45, 2.75) is 19.3 Å². The number of carbonyl (C=O) groups excluding carboxylic acids is 2. The molecule has 0 aliphatic carbocycles. The van der Waals surface area contributed by atoms with E-state index in [2.05, 4.69) is 4.74 Å². The highest BCUT2D eigenvalue weighted by molar-refractivity contribution is 5.94. The summed E-state index contributed by atoms with van der Waals surface area (Å²) >= 11 is 0. The van der Waals surface area contributed by atoms with Crippen molar-refractivity contribution < 1.29 is 19.1 Å². The van der Waals surface area contributed by atoms with E-state index in [1.807, 2.05) is 0 Å². The van der Waals surface area contributed by atoms with Gasteiger partial charge < -0.3 is 9.47 Å². The highest BCUT2D eigenvalue weighted by Crippen LogP contribution is 2.20. The van der Waals surface area contributed by atoms with E-state index in [0.717, 1.165) is 6.42 Å². The molecule has 1 fully saturated rings. The molecule has 0 amide bonds. The maximum Gasteiger partial charge on any atom is 0.317 e. The second-order valence-corrected chi connectivity index (χ2v) is 2.83. The van der Waals surface area contributed by atoms with Gasteiger partial charge in [0.2, 0.25) is 0 Å². The van der Waals surface area contributed by atoms with Crippen LogP contribution >= 0.6 is 0 Å². The maximum atomic E-state index is 10.9. The maximum absolute atomic E-state index is 10.9. The Kier molecular flexibility index (Phi) is 3.22. The van der Waals surface area contributed by atoms with Gasteiger partial charge in [0, 0.05) is 13.7 Å². The van der Waals surface area contributed by atoms with Crippen molar-refractivity contribution in [3.63, 3.8) is 0 Å². The molecule has 68 valence electrons. The lowest BCUT2D eigenvalue weighted by Gasteiger charge is -2.02. The summed E-state index contributed by atoms with van der Waals surface area (Å²) in [7, 11) is 1.61. The van der Waals surface area contributed by atoms with Crippen LogP contribution in [0.1, 0.15) is 19.3 Å². The Bertz CT molecular complexity index is 187. The highest BCUT2D eigenvalue weighted by atomic mass is 16.6. The normalized spacial score (nSPS) is 22.9. The van der Waals surface area contributed by atoms with Gasteiger partial charge >= 0.3 is 11.9 Å². The number of hydrogen-bond donors (Lipinski definition) is 0. The third kappa shape index (κ3) is 2.30. The number of methoxy groups -OCH3 is 1. The second kappa shape index (κ2) is 4.21. The lowest BCUT2D eigenvalue weighted by atomic mass is 10.0. The molecule has 1 saturated heterocycles. The van der Waals surface area contributed by atoms with Crippen molar-refractivity contribution in [3.8, 4) is 0 Å². The van der Waals surface area contributed by atoms with E-state index >= 15 is 0 Å². The summed E-state index contributed by atoms with van der Waals surface area (Å²) < 4.78 is 9.21. The minimum Gasteiger partial charge on any atom is -0.393 e. The monoisotopic (exact) mass is 172 g/mol. The van der Waals surface area contributed by atoms with Crippen LogP contribution < -0.4 is 0 Å². The van der Waals surface area contributed by atoms with Gasteiger partial charge in [-0.3, -0.25) is 9.59 Å². The molecular weight excluding hydrogens is 160 g/mol. The Morgan fingerprint density at radius 2 is 2.33 bits per heavy atom. The fraction of sp³-hybridized carbons (Fsp3) is 0.750. The fourth-order valence-electron chi connectivity index (χ4n) is 1.22. The van der Waals surface area contributed by atoms with Gasteiger partial charge in [-0.2, -0.15) is 0 Å². The zero-order valence-electron chi connectivity index (χ0n) is 7.04. The van der Waals surface area contributed by atoms with E-state index in [0.29, 0.717) is 13.0 Å². The Morgan fingerprint density at radius 3 is 2.83 bits per heavy atom. The van der Waals surface area contributed by atoms with Crippen LogP contribution in [0.2, 0.25) is 0 Å². The number of ether oxygens (including phenoxy) is 2. The molecule has 1 aliphatic heterocycles. The molecule has 0 N–H and O–H groups in total. The summed E-state index contributed by atoms with van der Waals surface area (Å²) in [5, 5.41) is 0. The van der Waals surface area contributed by atoms with Crippen LogP contribution in [-0.2, 0) is 19.1 Å². The largest absolute Gasteiger partial charge is 0.393 e. The third-order valence-electron chi connectivity index (χ3n) is 1.86. The molecule has 0 spiro atoms. The molecule has 0 aromatic carbocycles. The Balaban J connectivity index is 2.24. The minimum absolute atomic E-state index is 0.229. The van der Waals surface area contributed by atoms with Crippen LogP contribution in [0.4, 0.5) is 0 Å². The molecule has 1 heterocycles. The first-order valence-electron chi connectivity index (χ1n) is 3.97. The first kappa shape index (κ1) is 9.19. The van der Waals surface area contributed by atoms with E-state index in [-0.39, 0.29) is 18.3 Å². The van der Waals surface area contributed by atoms with Crippen molar-refractivity contribution in [3.05, 3.63) is 0 Å². The van der Waals surface area contributed by atoms with Gasteiger partial charge in [-0.25, -0.2) is 0 Å². The standard InChI is InChI=1S/C8H12O4/c1-11-4-2-3-6-5-7(9)12-8(6)10/h6H,2-5H2,1H3. The van der Waals surface area contributed by atoms with Crippen LogP contribution in [0.5, 0.6) is 0 Å². The zero-order valence-corrected chi connectivity index (χ0v) is 7.04. The fourth-order valence-corrected chi connectivity index (χ4v) is 1.22. The number of cyclic esters (lactones) is 2. The number of hydrogen-bond acceptors (Lipinski definition) is 4. The van der Waals surface area contributed by atoms with Crippen LogP contribution in [-0.4, -0.2) is 25.7 Å². The average Bonchev–Trinajstić information content (AvgIpc) is 2.31. The molecule has 1 unspecified atom stereocenters. The van der Waals surface area contributed by atoms with Crippen molar-refractivity contribution in [1.82, 2.24) is 0 Å². The predicted octanol–water partition coefficient (Wildman–Crippen LogP) is 0.503. The molecule has 12 heavy (non-hydrogen) atoms. The van der Waals surface area contributed by atoms with Gasteiger partial charge in [0.1, 0.15) is 0 Å². The molecule has 1 aliphatic rings. The van der Waals surface area contributed by atoms with E-state index in [9.17, 15) is 9.59 Å². The zero-order chi connectivity index (χ0) is 8.97. The molecule has 0 bridgehead atoms. The van der Waals surface area contributed by atoms with Crippen molar-refractivity contribution in [2.24, 2.45) is 5.92 Å². The highest BCUT2D eigenvalue weighted by Gasteiger charge is 2.32. The van der Waals surface area contributed by atoms with Crippen LogP contribution in [0.15, 0.2) is 0 Å². The van der Waals surface area contributed by atoms with Gasteiger partial charge in [0.25, 0.3) is 0 Å². The Hall–Kier alpha value is -0.900. The van der Waals surface area contributed by atoms with Gasteiger partial charge in [-0.05, 0) is 12.8 Å². The Morgan fingerprint density at radius 1 is 1.58 bits per heavy atom. The van der Waals surface area contributed by atoms with E-state index < -0.39 is 5.97 Å². The predicted molar refractivity (Wildman–Crippen MR) is 40.3 cm³/mol. The molecule has 1 rings (SSSR count). The third-order valence-corrected chi connectivity index (χ3v) is 1.86. The minimum atomic E-state index is -0.401. The molecule has 4 nitrogen and oxygen atoms in total. The molecule has 1 atom stereocenters. The smallest absolute Gasteiger partial charge is 0.317 e. The van der Waals surface area contributed by atoms with E-state index in [4.69, 9.17) is 4.74 Å². The molecule has 0 radical (unpaired) electrons. The lowest BCUT2D eigenvalue weighted by molar-refractivity contribution is -0.153. The number of esters is 2. The summed E-state index contributed by atoms with van der Waals surface area (Å²) in [5.41, 5.74) is 0. The quantitative estimate of drug-likeness (QED) is 0.352. The summed E-state index contributed by atoms with van der Waals surface area (Å²) in [6, 6.07) is 0. The SMILES string of the molecule is COCCCC1CC(=O)OC1=O. The van der Waals surface area contributed by atoms with Crippen molar-refractivity contribution >= 4 is 11.9 Å². The van der Waals surface area contributed by atoms with E-state index in [1.165, 1.54) is 0 Å². The summed E-state index contributed by atoms with van der Waals surface area (Å²) in [5.74, 6) is -1.01. The molecular formula is C8H12O4. The number of carbonyl (C=O) groups is 2. The molecule has 0 saturated carbocycles. The first-order valence-corrected chi connectivity index (χ1v) is 3.97. The van der Waals surface area contributed by atoms with Crippen LogP contribution in [0.3, 0.4) is 0 Å². The first-order chi connectivity index (χ1) is 5.74. The van der Waals surface area contributed by atoms with E-state index in [1.54, 1.807) is 7.11 Å². The molecule has 4 heteroatoms. The van der Waals surface area contributed by atoms with Gasteiger partial charge in [-0.1, -0.05) is 0 Å². The van der Waals surface area contributed by atoms with Gasteiger partial charge in [0.05, 0.1) is 12.3 Å². The molecule has 0 aromatic rings. The lowest BCUT2D eigenvalue weighted by Crippen LogP contribution is -2.08. The van der Waals surface area contributed by atoms with Gasteiger partial charge in [0.15, 0.2) is 0 Å². The van der Waals surface area contributed by atoms with Gasteiger partial charge in [-0.15, -0.1) is 0 Å². The van der Waals surface area contributed by atoms with Crippen LogP contribution in [0, 0.1) is 5.92 Å². The van der Waals surface area contributed by atoms with Crippen LogP contribution in [0.25, 0.3) is 0 Å². The Labute approximate surface area is 70.8 Å². The summed E-state index contributed by atoms with van der Waals surface area (Å²) in [6.07, 6.45) is 1.71. The van der Waals surface area contributed by atoms with Crippen molar-refractivity contribution in [1.29, 1.82) is 0 Å². The van der Waals surface area contributed by atoms with Crippen molar-refractivity contribution in [2.75, 3.05) is 13.7 Å².